The SMILES string of the molecule is CCNC(=O)C(C)N(Cc1ccc(Cl)c(Cl)c1)C(=O)CN(c1ccc(OCC)cc1)S(=O)(=O)c1ccc(F)cc1. The van der Waals surface area contributed by atoms with E-state index in [4.69, 9.17) is 27.9 Å². The van der Waals surface area contributed by atoms with Gasteiger partial charge >= 0.3 is 0 Å². The fourth-order valence-corrected chi connectivity index (χ4v) is 5.61. The number of rotatable bonds is 12. The van der Waals surface area contributed by atoms with Crippen LogP contribution in [-0.4, -0.2) is 50.9 Å². The quantitative estimate of drug-likeness (QED) is 0.301. The maximum absolute atomic E-state index is 13.8. The fourth-order valence-electron chi connectivity index (χ4n) is 3.88. The maximum atomic E-state index is 13.8. The van der Waals surface area contributed by atoms with Crippen molar-refractivity contribution >= 4 is 50.7 Å². The van der Waals surface area contributed by atoms with Crippen molar-refractivity contribution in [2.75, 3.05) is 24.0 Å². The highest BCUT2D eigenvalue weighted by Crippen LogP contribution is 2.28. The normalized spacial score (nSPS) is 11.9. The molecular formula is C28H30Cl2FN3O5S. The molecule has 1 atom stereocenters. The lowest BCUT2D eigenvalue weighted by atomic mass is 10.1. The van der Waals surface area contributed by atoms with Gasteiger partial charge in [0.25, 0.3) is 10.0 Å². The number of nitrogens with zero attached hydrogens (tertiary/aromatic N) is 2. The molecule has 0 bridgehead atoms. The van der Waals surface area contributed by atoms with E-state index in [1.54, 1.807) is 44.2 Å². The summed E-state index contributed by atoms with van der Waals surface area (Å²) in [6.07, 6.45) is 0. The van der Waals surface area contributed by atoms with Gasteiger partial charge in [-0.2, -0.15) is 0 Å². The van der Waals surface area contributed by atoms with Gasteiger partial charge in [0.15, 0.2) is 0 Å². The maximum Gasteiger partial charge on any atom is 0.264 e. The molecule has 0 saturated carbocycles. The van der Waals surface area contributed by atoms with E-state index in [2.05, 4.69) is 5.32 Å². The van der Waals surface area contributed by atoms with Crippen LogP contribution in [0.2, 0.25) is 10.0 Å². The first-order chi connectivity index (χ1) is 19.0. The van der Waals surface area contributed by atoms with Crippen molar-refractivity contribution in [2.24, 2.45) is 0 Å². The lowest BCUT2D eigenvalue weighted by Crippen LogP contribution is -2.51. The lowest BCUT2D eigenvalue weighted by molar-refractivity contribution is -0.139. The predicted octanol–water partition coefficient (Wildman–Crippen LogP) is 5.28. The highest BCUT2D eigenvalue weighted by molar-refractivity contribution is 7.92. The molecule has 2 amide bonds. The van der Waals surface area contributed by atoms with Crippen molar-refractivity contribution in [3.8, 4) is 5.75 Å². The van der Waals surface area contributed by atoms with E-state index in [0.29, 0.717) is 29.5 Å². The number of nitrogens with one attached hydrogen (secondary N) is 1. The number of hydrogen-bond acceptors (Lipinski definition) is 5. The molecule has 0 radical (unpaired) electrons. The van der Waals surface area contributed by atoms with Crippen molar-refractivity contribution in [1.29, 1.82) is 0 Å². The number of carbonyl (C=O) groups is 2. The van der Waals surface area contributed by atoms with Crippen LogP contribution < -0.4 is 14.4 Å². The number of hydrogen-bond donors (Lipinski definition) is 1. The zero-order valence-corrected chi connectivity index (χ0v) is 24.6. The Bertz CT molecular complexity index is 1440. The topological polar surface area (TPSA) is 96.0 Å². The lowest BCUT2D eigenvalue weighted by Gasteiger charge is -2.32. The first-order valence-electron chi connectivity index (χ1n) is 12.5. The second kappa shape index (κ2) is 13.8. The summed E-state index contributed by atoms with van der Waals surface area (Å²) in [7, 11) is -4.33. The van der Waals surface area contributed by atoms with Gasteiger partial charge in [0.1, 0.15) is 24.2 Å². The van der Waals surface area contributed by atoms with E-state index in [1.807, 2.05) is 6.92 Å². The molecule has 0 aliphatic rings. The molecule has 8 nitrogen and oxygen atoms in total. The number of likely N-dealkylation sites (N-methyl/N-ethyl adjacent to an activating group) is 1. The average molecular weight is 611 g/mol. The first kappa shape index (κ1) is 31.2. The summed E-state index contributed by atoms with van der Waals surface area (Å²) in [5, 5.41) is 3.29. The van der Waals surface area contributed by atoms with Gasteiger partial charge in [0.05, 0.1) is 27.2 Å². The molecule has 12 heteroatoms. The highest BCUT2D eigenvalue weighted by atomic mass is 35.5. The molecule has 3 rings (SSSR count). The van der Waals surface area contributed by atoms with Crippen molar-refractivity contribution in [2.45, 2.75) is 38.3 Å². The first-order valence-corrected chi connectivity index (χ1v) is 14.7. The van der Waals surface area contributed by atoms with Crippen LogP contribution in [0.1, 0.15) is 26.3 Å². The van der Waals surface area contributed by atoms with Crippen molar-refractivity contribution in [1.82, 2.24) is 10.2 Å². The third-order valence-electron chi connectivity index (χ3n) is 5.97. The highest BCUT2D eigenvalue weighted by Gasteiger charge is 2.32. The van der Waals surface area contributed by atoms with Crippen LogP contribution in [0, 0.1) is 5.82 Å². The summed E-state index contributed by atoms with van der Waals surface area (Å²) in [5.74, 6) is -1.15. The molecule has 0 fully saturated rings. The summed E-state index contributed by atoms with van der Waals surface area (Å²) in [4.78, 5) is 27.7. The van der Waals surface area contributed by atoms with E-state index in [-0.39, 0.29) is 22.2 Å². The van der Waals surface area contributed by atoms with Crippen molar-refractivity contribution in [3.63, 3.8) is 0 Å². The summed E-state index contributed by atoms with van der Waals surface area (Å²) in [5.41, 5.74) is 0.772. The molecule has 40 heavy (non-hydrogen) atoms. The van der Waals surface area contributed by atoms with Gasteiger partial charge in [0.2, 0.25) is 11.8 Å². The zero-order valence-electron chi connectivity index (χ0n) is 22.2. The summed E-state index contributed by atoms with van der Waals surface area (Å²) < 4.78 is 47.5. The molecule has 0 saturated heterocycles. The van der Waals surface area contributed by atoms with Crippen LogP contribution in [0.3, 0.4) is 0 Å². The molecule has 0 spiro atoms. The molecule has 0 aromatic heterocycles. The van der Waals surface area contributed by atoms with Crippen LogP contribution >= 0.6 is 23.2 Å². The minimum atomic E-state index is -4.33. The van der Waals surface area contributed by atoms with Crippen molar-refractivity contribution < 1.29 is 27.1 Å². The van der Waals surface area contributed by atoms with Gasteiger partial charge in [-0.25, -0.2) is 12.8 Å². The number of benzene rings is 3. The second-order valence-electron chi connectivity index (χ2n) is 8.73. The minimum Gasteiger partial charge on any atom is -0.494 e. The Hall–Kier alpha value is -3.34. The Kier molecular flexibility index (Phi) is 10.8. The second-order valence-corrected chi connectivity index (χ2v) is 11.4. The Morgan fingerprint density at radius 3 is 2.20 bits per heavy atom. The van der Waals surface area contributed by atoms with Gasteiger partial charge in [-0.15, -0.1) is 0 Å². The third-order valence-corrected chi connectivity index (χ3v) is 8.50. The van der Waals surface area contributed by atoms with Gasteiger partial charge in [-0.05, 0) is 87.0 Å². The van der Waals surface area contributed by atoms with Crippen molar-refractivity contribution in [3.05, 3.63) is 88.2 Å². The van der Waals surface area contributed by atoms with E-state index in [1.165, 1.54) is 17.0 Å². The summed E-state index contributed by atoms with van der Waals surface area (Å²) >= 11 is 12.2. The predicted molar refractivity (Wildman–Crippen MR) is 154 cm³/mol. The van der Waals surface area contributed by atoms with Crippen LogP contribution in [0.5, 0.6) is 5.75 Å². The van der Waals surface area contributed by atoms with Crippen LogP contribution in [-0.2, 0) is 26.2 Å². The largest absolute Gasteiger partial charge is 0.494 e. The molecule has 3 aromatic rings. The molecule has 3 aromatic carbocycles. The molecule has 1 N–H and O–H groups in total. The number of sulfonamides is 1. The van der Waals surface area contributed by atoms with Crippen LogP contribution in [0.4, 0.5) is 10.1 Å². The Balaban J connectivity index is 2.04. The summed E-state index contributed by atoms with van der Waals surface area (Å²) in [6, 6.07) is 14.4. The number of ether oxygens (including phenoxy) is 1. The van der Waals surface area contributed by atoms with E-state index in [9.17, 15) is 22.4 Å². The molecule has 1 unspecified atom stereocenters. The van der Waals surface area contributed by atoms with Gasteiger partial charge in [-0.3, -0.25) is 13.9 Å². The van der Waals surface area contributed by atoms with Crippen LogP contribution in [0.25, 0.3) is 0 Å². The van der Waals surface area contributed by atoms with Gasteiger partial charge in [0, 0.05) is 13.1 Å². The zero-order chi connectivity index (χ0) is 29.4. The van der Waals surface area contributed by atoms with Crippen LogP contribution in [0.15, 0.2) is 71.6 Å². The van der Waals surface area contributed by atoms with Gasteiger partial charge in [-0.1, -0.05) is 29.3 Å². The Morgan fingerprint density at radius 1 is 0.975 bits per heavy atom. The number of anilines is 1. The van der Waals surface area contributed by atoms with E-state index < -0.39 is 40.2 Å². The molecule has 0 aliphatic carbocycles. The molecule has 0 aliphatic heterocycles. The molecule has 0 heterocycles. The number of amides is 2. The number of halogens is 3. The molecular weight excluding hydrogens is 580 g/mol. The van der Waals surface area contributed by atoms with Gasteiger partial charge < -0.3 is 15.0 Å². The standard InChI is InChI=1S/C28H30Cl2FN3O5S/c1-4-32-28(36)19(3)33(17-20-6-15-25(29)26(30)16-20)27(35)18-34(22-9-11-23(12-10-22)39-5-2)40(37,38)24-13-7-21(31)8-14-24/h6-16,19H,4-5,17-18H2,1-3H3,(H,32,36). The Morgan fingerprint density at radius 2 is 1.62 bits per heavy atom. The average Bonchev–Trinajstić information content (AvgIpc) is 2.93. The molecule has 214 valence electrons. The fraction of sp³-hybridized carbons (Fsp3) is 0.286. The summed E-state index contributed by atoms with van der Waals surface area (Å²) in [6.45, 7) is 5.19. The minimum absolute atomic E-state index is 0.0399. The smallest absolute Gasteiger partial charge is 0.264 e. The Labute approximate surface area is 243 Å². The number of carbonyl (C=O) groups excluding carboxylic acids is 2. The van der Waals surface area contributed by atoms with E-state index in [0.717, 1.165) is 28.6 Å². The third kappa shape index (κ3) is 7.65. The van der Waals surface area contributed by atoms with E-state index >= 15 is 0 Å². The monoisotopic (exact) mass is 609 g/mol.